The van der Waals surface area contributed by atoms with E-state index in [-0.39, 0.29) is 5.75 Å². The van der Waals surface area contributed by atoms with Crippen LogP contribution in [0.4, 0.5) is 0 Å². The summed E-state index contributed by atoms with van der Waals surface area (Å²) in [5.74, 6) is 1.91. The second kappa shape index (κ2) is 9.86. The van der Waals surface area contributed by atoms with Gasteiger partial charge in [0.25, 0.3) is 0 Å². The Morgan fingerprint density at radius 3 is 2.00 bits per heavy atom. The SMILES string of the molecule is CCCc1ccc(Oc2cc(CCC)cc(OC)c2OC(C)=O)c(OC)c1. The van der Waals surface area contributed by atoms with Crippen LogP contribution in [0.15, 0.2) is 30.3 Å². The maximum atomic E-state index is 11.6. The Hall–Kier alpha value is -2.69. The summed E-state index contributed by atoms with van der Waals surface area (Å²) in [5, 5.41) is 0. The van der Waals surface area contributed by atoms with Gasteiger partial charge in [-0.05, 0) is 48.2 Å². The number of methoxy groups -OCH3 is 2. The summed E-state index contributed by atoms with van der Waals surface area (Å²) in [6.07, 6.45) is 3.86. The average Bonchev–Trinajstić information content (AvgIpc) is 2.64. The van der Waals surface area contributed by atoms with Gasteiger partial charge in [0.1, 0.15) is 0 Å². The van der Waals surface area contributed by atoms with Crippen molar-refractivity contribution in [3.8, 4) is 28.7 Å². The number of benzene rings is 2. The third-order valence-corrected chi connectivity index (χ3v) is 4.07. The molecule has 2 rings (SSSR count). The van der Waals surface area contributed by atoms with Crippen LogP contribution in [-0.2, 0) is 17.6 Å². The van der Waals surface area contributed by atoms with Crippen LogP contribution >= 0.6 is 0 Å². The highest BCUT2D eigenvalue weighted by atomic mass is 16.6. The fourth-order valence-corrected chi connectivity index (χ4v) is 2.89. The molecular weight excluding hydrogens is 344 g/mol. The van der Waals surface area contributed by atoms with Crippen LogP contribution in [0.5, 0.6) is 28.7 Å². The Bertz CT molecular complexity index is 783. The first kappa shape index (κ1) is 20.6. The smallest absolute Gasteiger partial charge is 0.308 e. The summed E-state index contributed by atoms with van der Waals surface area (Å²) in [7, 11) is 3.15. The van der Waals surface area contributed by atoms with E-state index in [0.29, 0.717) is 23.0 Å². The second-order valence-electron chi connectivity index (χ2n) is 6.31. The monoisotopic (exact) mass is 372 g/mol. The Balaban J connectivity index is 2.49. The van der Waals surface area contributed by atoms with Crippen molar-refractivity contribution in [1.82, 2.24) is 0 Å². The van der Waals surface area contributed by atoms with E-state index in [9.17, 15) is 4.79 Å². The Morgan fingerprint density at radius 1 is 0.815 bits per heavy atom. The van der Waals surface area contributed by atoms with E-state index in [0.717, 1.165) is 31.2 Å². The molecule has 0 aliphatic rings. The minimum atomic E-state index is -0.438. The van der Waals surface area contributed by atoms with Gasteiger partial charge in [-0.15, -0.1) is 0 Å². The fourth-order valence-electron chi connectivity index (χ4n) is 2.89. The van der Waals surface area contributed by atoms with Crippen molar-refractivity contribution >= 4 is 5.97 Å². The molecule has 0 saturated heterocycles. The highest BCUT2D eigenvalue weighted by Gasteiger charge is 2.19. The Labute approximate surface area is 161 Å². The fraction of sp³-hybridized carbons (Fsp3) is 0.409. The number of ether oxygens (including phenoxy) is 4. The summed E-state index contributed by atoms with van der Waals surface area (Å²) in [6.45, 7) is 5.58. The van der Waals surface area contributed by atoms with Gasteiger partial charge in [-0.25, -0.2) is 0 Å². The largest absolute Gasteiger partial charge is 0.493 e. The van der Waals surface area contributed by atoms with Gasteiger partial charge in [0.15, 0.2) is 23.0 Å². The molecule has 0 bridgehead atoms. The predicted molar refractivity (Wildman–Crippen MR) is 105 cm³/mol. The molecule has 27 heavy (non-hydrogen) atoms. The Kier molecular flexibility index (Phi) is 7.53. The highest BCUT2D eigenvalue weighted by molar-refractivity contribution is 5.72. The van der Waals surface area contributed by atoms with Crippen LogP contribution < -0.4 is 18.9 Å². The zero-order valence-corrected chi connectivity index (χ0v) is 16.8. The maximum Gasteiger partial charge on any atom is 0.308 e. The van der Waals surface area contributed by atoms with Gasteiger partial charge in [0.05, 0.1) is 14.2 Å². The topological polar surface area (TPSA) is 54.0 Å². The summed E-state index contributed by atoms with van der Waals surface area (Å²) >= 11 is 0. The maximum absolute atomic E-state index is 11.6. The summed E-state index contributed by atoms with van der Waals surface area (Å²) < 4.78 is 22.4. The molecule has 0 unspecified atom stereocenters. The number of esters is 1. The zero-order chi connectivity index (χ0) is 19.8. The third kappa shape index (κ3) is 5.39. The number of aryl methyl sites for hydroxylation is 2. The molecule has 2 aromatic rings. The van der Waals surface area contributed by atoms with Crippen LogP contribution in [-0.4, -0.2) is 20.2 Å². The van der Waals surface area contributed by atoms with E-state index in [1.165, 1.54) is 12.5 Å². The molecule has 0 radical (unpaired) electrons. The van der Waals surface area contributed by atoms with Crippen LogP contribution in [0.1, 0.15) is 44.7 Å². The number of hydrogen-bond acceptors (Lipinski definition) is 5. The lowest BCUT2D eigenvalue weighted by Crippen LogP contribution is -2.05. The van der Waals surface area contributed by atoms with Crippen molar-refractivity contribution < 1.29 is 23.7 Å². The molecule has 0 N–H and O–H groups in total. The van der Waals surface area contributed by atoms with Gasteiger partial charge >= 0.3 is 5.97 Å². The van der Waals surface area contributed by atoms with Crippen molar-refractivity contribution in [1.29, 1.82) is 0 Å². The normalized spacial score (nSPS) is 10.4. The molecule has 0 fully saturated rings. The molecule has 146 valence electrons. The number of carbonyl (C=O) groups excluding carboxylic acids is 1. The average molecular weight is 372 g/mol. The van der Waals surface area contributed by atoms with Crippen molar-refractivity contribution in [3.63, 3.8) is 0 Å². The Morgan fingerprint density at radius 2 is 1.41 bits per heavy atom. The minimum absolute atomic E-state index is 0.268. The summed E-state index contributed by atoms with van der Waals surface area (Å²) in [5.41, 5.74) is 2.22. The van der Waals surface area contributed by atoms with Crippen molar-refractivity contribution in [2.75, 3.05) is 14.2 Å². The molecule has 0 aliphatic carbocycles. The van der Waals surface area contributed by atoms with E-state index in [2.05, 4.69) is 13.8 Å². The molecule has 0 spiro atoms. The molecule has 5 heteroatoms. The molecule has 0 aliphatic heterocycles. The molecule has 5 nitrogen and oxygen atoms in total. The minimum Gasteiger partial charge on any atom is -0.493 e. The van der Waals surface area contributed by atoms with Crippen molar-refractivity contribution in [3.05, 3.63) is 41.5 Å². The lowest BCUT2D eigenvalue weighted by molar-refractivity contribution is -0.132. The summed E-state index contributed by atoms with van der Waals surface area (Å²) in [4.78, 5) is 11.6. The molecule has 0 saturated carbocycles. The first-order valence-electron chi connectivity index (χ1n) is 9.26. The third-order valence-electron chi connectivity index (χ3n) is 4.07. The van der Waals surface area contributed by atoms with E-state index < -0.39 is 5.97 Å². The van der Waals surface area contributed by atoms with Gasteiger partial charge in [-0.3, -0.25) is 4.79 Å². The lowest BCUT2D eigenvalue weighted by atomic mass is 10.1. The van der Waals surface area contributed by atoms with Gasteiger partial charge in [0.2, 0.25) is 5.75 Å². The van der Waals surface area contributed by atoms with Crippen LogP contribution in [0, 0.1) is 0 Å². The van der Waals surface area contributed by atoms with E-state index in [4.69, 9.17) is 18.9 Å². The van der Waals surface area contributed by atoms with Gasteiger partial charge < -0.3 is 18.9 Å². The predicted octanol–water partition coefficient (Wildman–Crippen LogP) is 5.33. The molecule has 2 aromatic carbocycles. The molecule has 0 atom stereocenters. The van der Waals surface area contributed by atoms with E-state index >= 15 is 0 Å². The first-order valence-corrected chi connectivity index (χ1v) is 9.26. The van der Waals surface area contributed by atoms with Gasteiger partial charge in [0, 0.05) is 6.92 Å². The van der Waals surface area contributed by atoms with Gasteiger partial charge in [-0.2, -0.15) is 0 Å². The summed E-state index contributed by atoms with van der Waals surface area (Å²) in [6, 6.07) is 9.61. The van der Waals surface area contributed by atoms with Gasteiger partial charge in [-0.1, -0.05) is 32.8 Å². The van der Waals surface area contributed by atoms with E-state index in [1.54, 1.807) is 14.2 Å². The number of carbonyl (C=O) groups is 1. The number of hydrogen-bond donors (Lipinski definition) is 0. The van der Waals surface area contributed by atoms with Crippen LogP contribution in [0.2, 0.25) is 0 Å². The van der Waals surface area contributed by atoms with Crippen LogP contribution in [0.25, 0.3) is 0 Å². The molecule has 0 aromatic heterocycles. The molecule has 0 amide bonds. The van der Waals surface area contributed by atoms with Crippen LogP contribution in [0.3, 0.4) is 0 Å². The van der Waals surface area contributed by atoms with E-state index in [1.807, 2.05) is 30.3 Å². The first-order chi connectivity index (χ1) is 13.0. The molecular formula is C22H28O5. The molecule has 0 heterocycles. The van der Waals surface area contributed by atoms with Crippen molar-refractivity contribution in [2.45, 2.75) is 46.5 Å². The highest BCUT2D eigenvalue weighted by Crippen LogP contribution is 2.43. The lowest BCUT2D eigenvalue weighted by Gasteiger charge is -2.17. The van der Waals surface area contributed by atoms with Crippen molar-refractivity contribution in [2.24, 2.45) is 0 Å². The number of rotatable bonds is 9. The second-order valence-corrected chi connectivity index (χ2v) is 6.31. The standard InChI is InChI=1S/C22H28O5/c1-6-8-16-10-11-18(19(12-16)24-4)27-21-14-17(9-7-2)13-20(25-5)22(21)26-15(3)23/h10-14H,6-9H2,1-5H3. The quantitative estimate of drug-likeness (QED) is 0.440. The zero-order valence-electron chi connectivity index (χ0n) is 16.8.